The Hall–Kier alpha value is -0.870. The zero-order chi connectivity index (χ0) is 13.0. The second-order valence-corrected chi connectivity index (χ2v) is 5.74. The summed E-state index contributed by atoms with van der Waals surface area (Å²) in [4.78, 5) is 14.3. The van der Waals surface area contributed by atoms with Gasteiger partial charge in [0.15, 0.2) is 0 Å². The largest absolute Gasteiger partial charge is 0.339 e. The van der Waals surface area contributed by atoms with Crippen molar-refractivity contribution in [2.75, 3.05) is 19.6 Å². The van der Waals surface area contributed by atoms with E-state index in [9.17, 15) is 4.79 Å². The van der Waals surface area contributed by atoms with Gasteiger partial charge in [0.2, 0.25) is 0 Å². The van der Waals surface area contributed by atoms with Crippen molar-refractivity contribution in [2.45, 2.75) is 19.3 Å². The zero-order valence-electron chi connectivity index (χ0n) is 10.4. The molecule has 1 aliphatic heterocycles. The third-order valence-electron chi connectivity index (χ3n) is 3.55. The van der Waals surface area contributed by atoms with Crippen LogP contribution in [0.3, 0.4) is 0 Å². The van der Waals surface area contributed by atoms with E-state index in [0.717, 1.165) is 48.9 Å². The van der Waals surface area contributed by atoms with Crippen molar-refractivity contribution in [3.63, 3.8) is 0 Å². The average Bonchev–Trinajstić information content (AvgIpc) is 2.39. The number of halogens is 1. The van der Waals surface area contributed by atoms with Crippen LogP contribution in [0.25, 0.3) is 0 Å². The van der Waals surface area contributed by atoms with E-state index in [1.54, 1.807) is 0 Å². The fourth-order valence-electron chi connectivity index (χ4n) is 2.46. The van der Waals surface area contributed by atoms with Gasteiger partial charge in [-0.3, -0.25) is 4.79 Å². The molecule has 0 spiro atoms. The molecule has 1 aromatic rings. The molecule has 0 saturated carbocycles. The van der Waals surface area contributed by atoms with E-state index in [1.165, 1.54) is 0 Å². The third kappa shape index (κ3) is 3.33. The summed E-state index contributed by atoms with van der Waals surface area (Å²) in [5.74, 6) is 0.837. The summed E-state index contributed by atoms with van der Waals surface area (Å²) < 4.78 is 0.950. The van der Waals surface area contributed by atoms with E-state index in [0.29, 0.717) is 5.92 Å². The van der Waals surface area contributed by atoms with Crippen LogP contribution in [0.5, 0.6) is 0 Å². The Labute approximate surface area is 116 Å². The monoisotopic (exact) mass is 310 g/mol. The van der Waals surface area contributed by atoms with Gasteiger partial charge in [-0.15, -0.1) is 0 Å². The van der Waals surface area contributed by atoms with Gasteiger partial charge in [0.25, 0.3) is 5.91 Å². The number of likely N-dealkylation sites (tertiary alicyclic amines) is 1. The molecule has 1 amide bonds. The molecule has 0 aromatic heterocycles. The molecule has 0 aliphatic carbocycles. The number of hydrogen-bond donors (Lipinski definition) is 1. The van der Waals surface area contributed by atoms with Crippen LogP contribution in [0.2, 0.25) is 0 Å². The lowest BCUT2D eigenvalue weighted by molar-refractivity contribution is 0.0688. The number of carbonyl (C=O) groups excluding carboxylic acids is 1. The van der Waals surface area contributed by atoms with Crippen LogP contribution in [-0.4, -0.2) is 30.4 Å². The molecule has 2 N–H and O–H groups in total. The maximum absolute atomic E-state index is 12.3. The fourth-order valence-corrected chi connectivity index (χ4v) is 2.86. The number of piperidine rings is 1. The van der Waals surface area contributed by atoms with Crippen molar-refractivity contribution in [3.8, 4) is 0 Å². The minimum Gasteiger partial charge on any atom is -0.339 e. The molecule has 0 bridgehead atoms. The molecular weight excluding hydrogens is 292 g/mol. The zero-order valence-corrected chi connectivity index (χ0v) is 12.0. The molecule has 1 saturated heterocycles. The van der Waals surface area contributed by atoms with Crippen molar-refractivity contribution >= 4 is 21.8 Å². The summed E-state index contributed by atoms with van der Waals surface area (Å²) >= 11 is 3.40. The molecule has 1 heterocycles. The molecule has 3 nitrogen and oxygen atoms in total. The summed E-state index contributed by atoms with van der Waals surface area (Å²) in [6.07, 6.45) is 3.24. The highest BCUT2D eigenvalue weighted by atomic mass is 79.9. The average molecular weight is 311 g/mol. The van der Waals surface area contributed by atoms with Gasteiger partial charge in [-0.25, -0.2) is 0 Å². The lowest BCUT2D eigenvalue weighted by Gasteiger charge is -2.32. The second-order valence-electron chi connectivity index (χ2n) is 4.82. The maximum atomic E-state index is 12.3. The van der Waals surface area contributed by atoms with E-state index in [4.69, 9.17) is 5.73 Å². The highest BCUT2D eigenvalue weighted by Gasteiger charge is 2.23. The first-order valence-electron chi connectivity index (χ1n) is 6.45. The van der Waals surface area contributed by atoms with Gasteiger partial charge in [0.1, 0.15) is 0 Å². The highest BCUT2D eigenvalue weighted by Crippen LogP contribution is 2.22. The van der Waals surface area contributed by atoms with E-state index in [-0.39, 0.29) is 5.91 Å². The number of carbonyl (C=O) groups is 1. The molecule has 4 heteroatoms. The van der Waals surface area contributed by atoms with Crippen LogP contribution in [0.1, 0.15) is 29.6 Å². The molecule has 1 fully saturated rings. The smallest absolute Gasteiger partial charge is 0.253 e. The van der Waals surface area contributed by atoms with E-state index < -0.39 is 0 Å². The Bertz CT molecular complexity index is 414. The van der Waals surface area contributed by atoms with Gasteiger partial charge >= 0.3 is 0 Å². The van der Waals surface area contributed by atoms with Crippen LogP contribution < -0.4 is 5.73 Å². The third-order valence-corrected chi connectivity index (χ3v) is 4.04. The molecule has 1 aliphatic rings. The van der Waals surface area contributed by atoms with E-state index >= 15 is 0 Å². The van der Waals surface area contributed by atoms with Crippen LogP contribution in [0.4, 0.5) is 0 Å². The molecular formula is C14H19BrN2O. The number of benzene rings is 1. The molecule has 0 unspecified atom stereocenters. The predicted octanol–water partition coefficient (Wildman–Crippen LogP) is 2.65. The first kappa shape index (κ1) is 13.6. The van der Waals surface area contributed by atoms with Gasteiger partial charge in [-0.2, -0.15) is 0 Å². The van der Waals surface area contributed by atoms with Crippen LogP contribution in [0, 0.1) is 5.92 Å². The van der Waals surface area contributed by atoms with Crippen molar-refractivity contribution in [1.82, 2.24) is 4.90 Å². The van der Waals surface area contributed by atoms with Crippen molar-refractivity contribution in [3.05, 3.63) is 34.3 Å². The molecule has 98 valence electrons. The first-order valence-corrected chi connectivity index (χ1v) is 7.25. The Morgan fingerprint density at radius 3 is 2.72 bits per heavy atom. The first-order chi connectivity index (χ1) is 8.70. The topological polar surface area (TPSA) is 46.3 Å². The van der Waals surface area contributed by atoms with E-state index in [1.807, 2.05) is 29.2 Å². The van der Waals surface area contributed by atoms with Gasteiger partial charge < -0.3 is 10.6 Å². The van der Waals surface area contributed by atoms with Crippen molar-refractivity contribution in [2.24, 2.45) is 11.7 Å². The lowest BCUT2D eigenvalue weighted by Crippen LogP contribution is -2.38. The van der Waals surface area contributed by atoms with Gasteiger partial charge in [-0.1, -0.05) is 22.0 Å². The Balaban J connectivity index is 1.95. The molecule has 1 aromatic carbocycles. The van der Waals surface area contributed by atoms with Crippen LogP contribution in [0.15, 0.2) is 28.7 Å². The number of nitrogens with two attached hydrogens (primary N) is 1. The summed E-state index contributed by atoms with van der Waals surface area (Å²) in [5, 5.41) is 0. The van der Waals surface area contributed by atoms with Crippen LogP contribution in [-0.2, 0) is 0 Å². The number of nitrogens with zero attached hydrogens (tertiary/aromatic N) is 1. The Kier molecular flexibility index (Phi) is 4.78. The SMILES string of the molecule is NCCC1CCN(C(=O)c2cccc(Br)c2)CC1. The number of rotatable bonds is 3. The fraction of sp³-hybridized carbons (Fsp3) is 0.500. The highest BCUT2D eigenvalue weighted by molar-refractivity contribution is 9.10. The standard InChI is InChI=1S/C14H19BrN2O/c15-13-3-1-2-12(10-13)14(18)17-8-5-11(4-7-16)6-9-17/h1-3,10-11H,4-9,16H2. The summed E-state index contributed by atoms with van der Waals surface area (Å²) in [6.45, 7) is 2.47. The normalized spacial score (nSPS) is 16.9. The number of amides is 1. The predicted molar refractivity (Wildman–Crippen MR) is 76.4 cm³/mol. The summed E-state index contributed by atoms with van der Waals surface area (Å²) in [6, 6.07) is 7.59. The van der Waals surface area contributed by atoms with Crippen molar-refractivity contribution in [1.29, 1.82) is 0 Å². The molecule has 0 radical (unpaired) electrons. The van der Waals surface area contributed by atoms with Gasteiger partial charge in [0, 0.05) is 23.1 Å². The van der Waals surface area contributed by atoms with Crippen molar-refractivity contribution < 1.29 is 4.79 Å². The molecule has 0 atom stereocenters. The minimum absolute atomic E-state index is 0.141. The quantitative estimate of drug-likeness (QED) is 0.933. The Morgan fingerprint density at radius 1 is 1.39 bits per heavy atom. The maximum Gasteiger partial charge on any atom is 0.253 e. The molecule has 2 rings (SSSR count). The van der Waals surface area contributed by atoms with Gasteiger partial charge in [-0.05, 0) is 49.9 Å². The lowest BCUT2D eigenvalue weighted by atomic mass is 9.93. The summed E-state index contributed by atoms with van der Waals surface area (Å²) in [7, 11) is 0. The second kappa shape index (κ2) is 6.34. The molecule has 18 heavy (non-hydrogen) atoms. The number of hydrogen-bond acceptors (Lipinski definition) is 2. The minimum atomic E-state index is 0.141. The van der Waals surface area contributed by atoms with Crippen LogP contribution >= 0.6 is 15.9 Å². The summed E-state index contributed by atoms with van der Waals surface area (Å²) in [5.41, 5.74) is 6.34. The van der Waals surface area contributed by atoms with Gasteiger partial charge in [0.05, 0.1) is 0 Å². The van der Waals surface area contributed by atoms with E-state index in [2.05, 4.69) is 15.9 Å². The Morgan fingerprint density at radius 2 is 2.11 bits per heavy atom.